The van der Waals surface area contributed by atoms with E-state index in [0.717, 1.165) is 18.4 Å². The van der Waals surface area contributed by atoms with Crippen LogP contribution in [0.3, 0.4) is 0 Å². The van der Waals surface area contributed by atoms with Gasteiger partial charge in [0.05, 0.1) is 12.1 Å². The van der Waals surface area contributed by atoms with Crippen molar-refractivity contribution >= 4 is 11.5 Å². The number of hydrazone groups is 1. The van der Waals surface area contributed by atoms with Crippen molar-refractivity contribution in [2.45, 2.75) is 51.2 Å². The summed E-state index contributed by atoms with van der Waals surface area (Å²) in [5.74, 6) is 0.274. The number of Topliss-reactive ketones (excluding diaryl/α,β-unsaturated/α-hetero) is 1. The van der Waals surface area contributed by atoms with Crippen LogP contribution in [0.2, 0.25) is 0 Å². The molecule has 0 amide bonds. The van der Waals surface area contributed by atoms with E-state index in [-0.39, 0.29) is 48.0 Å². The second kappa shape index (κ2) is 5.02. The molecule has 0 aromatic rings. The zero-order valence-corrected chi connectivity index (χ0v) is 14.5. The Hall–Kier alpha value is -1.46. The Balaban J connectivity index is 1.83. The first kappa shape index (κ1) is 16.0. The Bertz CT molecular complexity index is 691. The van der Waals surface area contributed by atoms with Crippen molar-refractivity contribution in [3.05, 3.63) is 23.3 Å². The average Bonchev–Trinajstić information content (AvgIpc) is 2.91. The number of aliphatic hydroxyl groups is 2. The van der Waals surface area contributed by atoms with Gasteiger partial charge in [-0.3, -0.25) is 4.79 Å². The molecule has 4 rings (SSSR count). The number of allylic oxidation sites excluding steroid dienone is 1. The van der Waals surface area contributed by atoms with Gasteiger partial charge in [0.25, 0.3) is 0 Å². The minimum absolute atomic E-state index is 0.113. The lowest BCUT2D eigenvalue weighted by molar-refractivity contribution is -0.137. The third-order valence-corrected chi connectivity index (χ3v) is 6.56. The smallest absolute Gasteiger partial charge is 0.190 e. The number of ketones is 1. The second-order valence-corrected chi connectivity index (χ2v) is 8.48. The Labute approximate surface area is 142 Å². The Kier molecular flexibility index (Phi) is 3.35. The van der Waals surface area contributed by atoms with Crippen molar-refractivity contribution < 1.29 is 15.0 Å². The number of hydrogen-bond donors (Lipinski definition) is 3. The largest absolute Gasteiger partial charge is 0.392 e. The van der Waals surface area contributed by atoms with Crippen molar-refractivity contribution in [2.24, 2.45) is 28.8 Å². The number of carbonyl (C=O) groups excluding carboxylic acids is 1. The summed E-state index contributed by atoms with van der Waals surface area (Å²) in [5.41, 5.74) is 4.34. The molecule has 1 saturated carbocycles. The van der Waals surface area contributed by atoms with E-state index in [1.165, 1.54) is 5.71 Å². The summed E-state index contributed by atoms with van der Waals surface area (Å²) in [5, 5.41) is 25.6. The molecule has 0 aromatic carbocycles. The molecule has 0 radical (unpaired) electrons. The maximum Gasteiger partial charge on any atom is 0.190 e. The molecule has 0 bridgehead atoms. The van der Waals surface area contributed by atoms with Crippen LogP contribution in [0.15, 0.2) is 28.4 Å². The predicted octanol–water partition coefficient (Wildman–Crippen LogP) is 1.57. The topological polar surface area (TPSA) is 81.9 Å². The van der Waals surface area contributed by atoms with Gasteiger partial charge >= 0.3 is 0 Å². The summed E-state index contributed by atoms with van der Waals surface area (Å²) < 4.78 is 0. The molecule has 130 valence electrons. The van der Waals surface area contributed by atoms with Crippen molar-refractivity contribution in [3.8, 4) is 0 Å². The van der Waals surface area contributed by atoms with Crippen LogP contribution in [-0.2, 0) is 4.79 Å². The second-order valence-electron chi connectivity index (χ2n) is 8.48. The molecular weight excluding hydrogens is 304 g/mol. The van der Waals surface area contributed by atoms with E-state index in [2.05, 4.69) is 30.5 Å². The van der Waals surface area contributed by atoms with Gasteiger partial charge in [-0.05, 0) is 56.6 Å². The van der Waals surface area contributed by atoms with Gasteiger partial charge in [-0.25, -0.2) is 0 Å². The van der Waals surface area contributed by atoms with E-state index in [1.54, 1.807) is 6.92 Å². The fraction of sp³-hybridized carbons (Fsp3) is 0.684. The van der Waals surface area contributed by atoms with Gasteiger partial charge in [-0.15, -0.1) is 0 Å². The molecule has 0 spiro atoms. The molecular formula is C19H26N2O3. The highest BCUT2D eigenvalue weighted by Gasteiger charge is 2.58. The third kappa shape index (κ3) is 2.01. The van der Waals surface area contributed by atoms with Crippen LogP contribution in [0, 0.1) is 23.7 Å². The number of fused-ring (bicyclic) bond motifs is 5. The SMILES string of the molecule is CC1=CC2C3CCC4=NNC(C)(C)[C@H]4[C@@H]3C=C(CO)C[C@]2(O)C1=O. The van der Waals surface area contributed by atoms with E-state index in [4.69, 9.17) is 0 Å². The van der Waals surface area contributed by atoms with Crippen LogP contribution in [0.1, 0.15) is 40.0 Å². The number of nitrogens with one attached hydrogen (secondary N) is 1. The molecule has 1 heterocycles. The van der Waals surface area contributed by atoms with Crippen molar-refractivity contribution in [2.75, 3.05) is 6.61 Å². The number of aliphatic hydroxyl groups excluding tert-OH is 1. The van der Waals surface area contributed by atoms with Crippen LogP contribution in [0.5, 0.6) is 0 Å². The highest BCUT2D eigenvalue weighted by Crippen LogP contribution is 2.53. The molecule has 5 heteroatoms. The van der Waals surface area contributed by atoms with Crippen LogP contribution >= 0.6 is 0 Å². The lowest BCUT2D eigenvalue weighted by atomic mass is 9.60. The zero-order chi connectivity index (χ0) is 17.3. The average molecular weight is 330 g/mol. The molecule has 0 aromatic heterocycles. The minimum atomic E-state index is -1.39. The molecule has 1 aliphatic heterocycles. The lowest BCUT2D eigenvalue weighted by Crippen LogP contribution is -2.51. The summed E-state index contributed by atoms with van der Waals surface area (Å²) in [6.45, 7) is 5.99. The molecule has 24 heavy (non-hydrogen) atoms. The van der Waals surface area contributed by atoms with E-state index >= 15 is 0 Å². The fourth-order valence-electron chi connectivity index (χ4n) is 5.52. The number of hydrogen-bond acceptors (Lipinski definition) is 5. The van der Waals surface area contributed by atoms with Crippen LogP contribution in [0.25, 0.3) is 0 Å². The van der Waals surface area contributed by atoms with Crippen molar-refractivity contribution in [1.82, 2.24) is 5.43 Å². The van der Waals surface area contributed by atoms with E-state index < -0.39 is 5.60 Å². The molecule has 2 unspecified atom stereocenters. The summed E-state index contributed by atoms with van der Waals surface area (Å²) in [4.78, 5) is 12.6. The van der Waals surface area contributed by atoms with Gasteiger partial charge in [0.15, 0.2) is 5.78 Å². The highest BCUT2D eigenvalue weighted by molar-refractivity contribution is 6.04. The van der Waals surface area contributed by atoms with Gasteiger partial charge in [-0.1, -0.05) is 12.2 Å². The molecule has 0 saturated heterocycles. The van der Waals surface area contributed by atoms with Crippen LogP contribution in [-0.4, -0.2) is 39.5 Å². The van der Waals surface area contributed by atoms with Gasteiger partial charge < -0.3 is 15.6 Å². The standard InChI is InChI=1S/C19H26N2O3/c1-10-6-14-12-4-5-15-16(18(2,3)21-20-15)13(12)7-11(9-22)8-19(14,24)17(10)23/h6-7,12-14,16,21-22,24H,4-5,8-9H2,1-3H3/t12?,13-,14?,16+,19-/m1/s1. The molecule has 4 aliphatic rings. The first-order chi connectivity index (χ1) is 11.3. The van der Waals surface area contributed by atoms with E-state index in [1.807, 2.05) is 6.08 Å². The normalized spacial score (nSPS) is 42.9. The number of rotatable bonds is 1. The monoisotopic (exact) mass is 330 g/mol. The molecule has 3 N–H and O–H groups in total. The summed E-state index contributed by atoms with van der Waals surface area (Å²) >= 11 is 0. The summed E-state index contributed by atoms with van der Waals surface area (Å²) in [6, 6.07) is 0. The minimum Gasteiger partial charge on any atom is -0.392 e. The van der Waals surface area contributed by atoms with Crippen molar-refractivity contribution in [1.29, 1.82) is 0 Å². The van der Waals surface area contributed by atoms with Crippen LogP contribution < -0.4 is 5.43 Å². The predicted molar refractivity (Wildman–Crippen MR) is 91.3 cm³/mol. The fourth-order valence-corrected chi connectivity index (χ4v) is 5.52. The molecule has 5 atom stereocenters. The molecule has 5 nitrogen and oxygen atoms in total. The van der Waals surface area contributed by atoms with E-state index in [9.17, 15) is 15.0 Å². The van der Waals surface area contributed by atoms with Crippen molar-refractivity contribution in [3.63, 3.8) is 0 Å². The van der Waals surface area contributed by atoms with Gasteiger partial charge in [0, 0.05) is 24.0 Å². The van der Waals surface area contributed by atoms with E-state index in [0.29, 0.717) is 5.57 Å². The quantitative estimate of drug-likeness (QED) is 0.637. The zero-order valence-electron chi connectivity index (χ0n) is 14.5. The highest BCUT2D eigenvalue weighted by atomic mass is 16.3. The Morgan fingerprint density at radius 2 is 2.12 bits per heavy atom. The van der Waals surface area contributed by atoms with Crippen LogP contribution in [0.4, 0.5) is 0 Å². The van der Waals surface area contributed by atoms with Gasteiger partial charge in [-0.2, -0.15) is 5.10 Å². The van der Waals surface area contributed by atoms with Gasteiger partial charge in [0.1, 0.15) is 5.60 Å². The van der Waals surface area contributed by atoms with Gasteiger partial charge in [0.2, 0.25) is 0 Å². The third-order valence-electron chi connectivity index (χ3n) is 6.56. The number of nitrogens with zero attached hydrogens (tertiary/aromatic N) is 1. The maximum absolute atomic E-state index is 12.6. The summed E-state index contributed by atoms with van der Waals surface area (Å²) in [6.07, 6.45) is 6.16. The number of carbonyl (C=O) groups is 1. The first-order valence-electron chi connectivity index (χ1n) is 8.87. The lowest BCUT2D eigenvalue weighted by Gasteiger charge is -2.44. The molecule has 3 aliphatic carbocycles. The first-order valence-corrected chi connectivity index (χ1v) is 8.87. The Morgan fingerprint density at radius 1 is 1.38 bits per heavy atom. The molecule has 1 fully saturated rings. The Morgan fingerprint density at radius 3 is 2.83 bits per heavy atom. The maximum atomic E-state index is 12.6. The summed E-state index contributed by atoms with van der Waals surface area (Å²) in [7, 11) is 0.